The first kappa shape index (κ1) is 19.0. The van der Waals surface area contributed by atoms with Crippen LogP contribution in [0.3, 0.4) is 0 Å². The Kier molecular flexibility index (Phi) is 6.04. The number of hydrogen-bond acceptors (Lipinski definition) is 4. The van der Waals surface area contributed by atoms with Gasteiger partial charge in [0.25, 0.3) is 0 Å². The predicted molar refractivity (Wildman–Crippen MR) is 98.6 cm³/mol. The van der Waals surface area contributed by atoms with Crippen LogP contribution in [0.4, 0.5) is 0 Å². The molecule has 2 fully saturated rings. The maximum absolute atomic E-state index is 12.7. The Balaban J connectivity index is 1.56. The van der Waals surface area contributed by atoms with Gasteiger partial charge in [0.05, 0.1) is 31.8 Å². The fourth-order valence-corrected chi connectivity index (χ4v) is 3.87. The fourth-order valence-electron chi connectivity index (χ4n) is 3.70. The monoisotopic (exact) mass is 380 g/mol. The van der Waals surface area contributed by atoms with Crippen LogP contribution >= 0.6 is 11.6 Å². The van der Waals surface area contributed by atoms with Gasteiger partial charge in [-0.2, -0.15) is 0 Å². The molecule has 0 saturated carbocycles. The van der Waals surface area contributed by atoms with Gasteiger partial charge in [-0.25, -0.2) is 0 Å². The Morgan fingerprint density at radius 1 is 1.23 bits per heavy atom. The molecule has 2 aliphatic heterocycles. The highest BCUT2D eigenvalue weighted by molar-refractivity contribution is 6.27. The average Bonchev–Trinajstić information content (AvgIpc) is 3.07. The Morgan fingerprint density at radius 3 is 2.65 bits per heavy atom. The van der Waals surface area contributed by atoms with E-state index in [4.69, 9.17) is 21.1 Å². The van der Waals surface area contributed by atoms with Gasteiger partial charge in [-0.1, -0.05) is 18.2 Å². The molecule has 2 amide bonds. The summed E-state index contributed by atoms with van der Waals surface area (Å²) in [6.07, 6.45) is 0.180. The van der Waals surface area contributed by atoms with Crippen molar-refractivity contribution in [2.24, 2.45) is 0 Å². The number of morpholine rings is 1. The molecule has 0 bridgehead atoms. The Hall–Kier alpha value is -1.79. The van der Waals surface area contributed by atoms with E-state index in [-0.39, 0.29) is 29.8 Å². The van der Waals surface area contributed by atoms with Crippen LogP contribution in [0.2, 0.25) is 0 Å². The number of likely N-dealkylation sites (tertiary alicyclic amines) is 1. The Labute approximate surface area is 159 Å². The van der Waals surface area contributed by atoms with E-state index in [1.165, 1.54) is 0 Å². The van der Waals surface area contributed by atoms with Crippen LogP contribution in [0.25, 0.3) is 0 Å². The number of aryl methyl sites for hydroxylation is 2. The SMILES string of the molecule is Cc1cccc(C)c1OCCC(=O)N1CCO[C@@H]2CN(C(=O)CCl)C[C@@H]21. The number of carbonyl (C=O) groups is 2. The molecule has 6 nitrogen and oxygen atoms in total. The minimum atomic E-state index is -0.126. The Bertz CT molecular complexity index is 661. The summed E-state index contributed by atoms with van der Waals surface area (Å²) in [6, 6.07) is 5.89. The number of nitrogens with zero attached hydrogens (tertiary/aromatic N) is 2. The first-order valence-electron chi connectivity index (χ1n) is 8.95. The summed E-state index contributed by atoms with van der Waals surface area (Å²) >= 11 is 5.65. The highest BCUT2D eigenvalue weighted by atomic mass is 35.5. The molecular formula is C19H25ClN2O4. The molecule has 0 aromatic heterocycles. The van der Waals surface area contributed by atoms with Crippen molar-refractivity contribution in [2.45, 2.75) is 32.4 Å². The van der Waals surface area contributed by atoms with E-state index < -0.39 is 0 Å². The summed E-state index contributed by atoms with van der Waals surface area (Å²) in [7, 11) is 0. The van der Waals surface area contributed by atoms with Gasteiger partial charge in [-0.3, -0.25) is 9.59 Å². The second kappa shape index (κ2) is 8.27. The molecule has 0 N–H and O–H groups in total. The first-order valence-corrected chi connectivity index (χ1v) is 9.48. The molecule has 2 atom stereocenters. The molecule has 26 heavy (non-hydrogen) atoms. The van der Waals surface area contributed by atoms with Gasteiger partial charge in [0, 0.05) is 19.6 Å². The molecule has 2 aliphatic rings. The normalized spacial score (nSPS) is 22.3. The van der Waals surface area contributed by atoms with E-state index in [2.05, 4.69) is 0 Å². The zero-order valence-electron chi connectivity index (χ0n) is 15.2. The molecule has 2 saturated heterocycles. The van der Waals surface area contributed by atoms with Crippen LogP contribution in [-0.2, 0) is 14.3 Å². The molecule has 2 heterocycles. The summed E-state index contributed by atoms with van der Waals surface area (Å²) in [4.78, 5) is 28.1. The third-order valence-electron chi connectivity index (χ3n) is 5.06. The van der Waals surface area contributed by atoms with E-state index in [1.807, 2.05) is 36.9 Å². The summed E-state index contributed by atoms with van der Waals surface area (Å²) < 4.78 is 11.6. The molecule has 7 heteroatoms. The van der Waals surface area contributed by atoms with E-state index >= 15 is 0 Å². The number of carbonyl (C=O) groups excluding carboxylic acids is 2. The second-order valence-electron chi connectivity index (χ2n) is 6.82. The number of alkyl halides is 1. The lowest BCUT2D eigenvalue weighted by Crippen LogP contribution is -2.53. The van der Waals surface area contributed by atoms with Gasteiger partial charge in [0.2, 0.25) is 11.8 Å². The Morgan fingerprint density at radius 2 is 1.96 bits per heavy atom. The second-order valence-corrected chi connectivity index (χ2v) is 7.08. The van der Waals surface area contributed by atoms with Crippen molar-refractivity contribution in [3.63, 3.8) is 0 Å². The largest absolute Gasteiger partial charge is 0.493 e. The summed E-state index contributed by atoms with van der Waals surface area (Å²) in [5.41, 5.74) is 2.13. The third kappa shape index (κ3) is 3.96. The van der Waals surface area contributed by atoms with E-state index in [9.17, 15) is 9.59 Å². The van der Waals surface area contributed by atoms with Crippen molar-refractivity contribution < 1.29 is 19.1 Å². The van der Waals surface area contributed by atoms with E-state index in [0.29, 0.717) is 39.3 Å². The van der Waals surface area contributed by atoms with Gasteiger partial charge >= 0.3 is 0 Å². The van der Waals surface area contributed by atoms with Crippen molar-refractivity contribution in [1.29, 1.82) is 0 Å². The smallest absolute Gasteiger partial charge is 0.237 e. The number of fused-ring (bicyclic) bond motifs is 1. The van der Waals surface area contributed by atoms with Gasteiger partial charge < -0.3 is 19.3 Å². The zero-order valence-corrected chi connectivity index (χ0v) is 16.0. The van der Waals surface area contributed by atoms with Crippen LogP contribution in [0.5, 0.6) is 5.75 Å². The minimum absolute atomic E-state index is 0.0368. The highest BCUT2D eigenvalue weighted by Crippen LogP contribution is 2.25. The quantitative estimate of drug-likeness (QED) is 0.730. The highest BCUT2D eigenvalue weighted by Gasteiger charge is 2.43. The lowest BCUT2D eigenvalue weighted by Gasteiger charge is -2.36. The van der Waals surface area contributed by atoms with E-state index in [1.54, 1.807) is 4.90 Å². The van der Waals surface area contributed by atoms with Gasteiger partial charge in [0.1, 0.15) is 11.6 Å². The minimum Gasteiger partial charge on any atom is -0.493 e. The van der Waals surface area contributed by atoms with Crippen LogP contribution in [0.15, 0.2) is 18.2 Å². The van der Waals surface area contributed by atoms with Crippen molar-refractivity contribution in [1.82, 2.24) is 9.80 Å². The maximum atomic E-state index is 12.7. The average molecular weight is 381 g/mol. The molecule has 1 aromatic carbocycles. The van der Waals surface area contributed by atoms with Crippen molar-refractivity contribution >= 4 is 23.4 Å². The zero-order chi connectivity index (χ0) is 18.7. The molecule has 0 spiro atoms. The number of amides is 2. The van der Waals surface area contributed by atoms with Gasteiger partial charge in [-0.15, -0.1) is 11.6 Å². The number of rotatable bonds is 5. The third-order valence-corrected chi connectivity index (χ3v) is 5.29. The number of benzene rings is 1. The van der Waals surface area contributed by atoms with Crippen LogP contribution in [0, 0.1) is 13.8 Å². The van der Waals surface area contributed by atoms with Crippen molar-refractivity contribution in [3.8, 4) is 5.75 Å². The first-order chi connectivity index (χ1) is 12.5. The standard InChI is InChI=1S/C19H25ClN2O4/c1-13-4-3-5-14(2)19(13)26-8-6-17(23)22-7-9-25-16-12-21(11-15(16)22)18(24)10-20/h3-5,15-16H,6-12H2,1-2H3/t15-,16+/m0/s1. The van der Waals surface area contributed by atoms with Crippen LogP contribution < -0.4 is 4.74 Å². The number of para-hydroxylation sites is 1. The molecule has 3 rings (SSSR count). The number of ether oxygens (including phenoxy) is 2. The topological polar surface area (TPSA) is 59.1 Å². The van der Waals surface area contributed by atoms with Gasteiger partial charge in [-0.05, 0) is 25.0 Å². The summed E-state index contributed by atoms with van der Waals surface area (Å²) in [5.74, 6) is 0.724. The number of halogens is 1. The molecular weight excluding hydrogens is 356 g/mol. The molecule has 1 aromatic rings. The lowest BCUT2D eigenvalue weighted by atomic mass is 10.1. The molecule has 0 aliphatic carbocycles. The van der Waals surface area contributed by atoms with Gasteiger partial charge in [0.15, 0.2) is 0 Å². The molecule has 142 valence electrons. The predicted octanol–water partition coefficient (Wildman–Crippen LogP) is 1.75. The summed E-state index contributed by atoms with van der Waals surface area (Å²) in [6.45, 7) is 6.36. The summed E-state index contributed by atoms with van der Waals surface area (Å²) in [5, 5.41) is 0. The maximum Gasteiger partial charge on any atom is 0.237 e. The number of hydrogen-bond donors (Lipinski definition) is 0. The van der Waals surface area contributed by atoms with E-state index in [0.717, 1.165) is 16.9 Å². The van der Waals surface area contributed by atoms with Crippen molar-refractivity contribution in [3.05, 3.63) is 29.3 Å². The molecule has 0 radical (unpaired) electrons. The fraction of sp³-hybridized carbons (Fsp3) is 0.579. The van der Waals surface area contributed by atoms with Crippen LogP contribution in [0.1, 0.15) is 17.5 Å². The lowest BCUT2D eigenvalue weighted by molar-refractivity contribution is -0.143. The van der Waals surface area contributed by atoms with Crippen molar-refractivity contribution in [2.75, 3.05) is 38.7 Å². The van der Waals surface area contributed by atoms with Crippen LogP contribution in [-0.4, -0.2) is 72.5 Å². The molecule has 0 unspecified atom stereocenters.